The molecule has 1 heterocycles. The number of likely N-dealkylation sites (tertiary alicyclic amines) is 1. The van der Waals surface area contributed by atoms with Gasteiger partial charge in [0.05, 0.1) is 0 Å². The number of ketones is 1. The Hall–Kier alpha value is -1.29. The fourth-order valence-corrected chi connectivity index (χ4v) is 2.73. The minimum atomic E-state index is -0.700. The van der Waals surface area contributed by atoms with Gasteiger partial charge in [-0.1, -0.05) is 13.8 Å². The van der Waals surface area contributed by atoms with Crippen molar-refractivity contribution in [1.82, 2.24) is 4.90 Å². The van der Waals surface area contributed by atoms with Crippen LogP contribution in [0.3, 0.4) is 0 Å². The van der Waals surface area contributed by atoms with Crippen molar-refractivity contribution in [2.24, 2.45) is 11.8 Å². The number of hydrogen-bond acceptors (Lipinski definition) is 2. The number of carbonyl (C=O) groups is 1. The summed E-state index contributed by atoms with van der Waals surface area (Å²) in [7, 11) is 0. The van der Waals surface area contributed by atoms with Gasteiger partial charge in [0.2, 0.25) is 0 Å². The third kappa shape index (κ3) is 3.85. The lowest BCUT2D eigenvalue weighted by Gasteiger charge is -2.17. The topological polar surface area (TPSA) is 20.3 Å². The van der Waals surface area contributed by atoms with Crippen LogP contribution >= 0.6 is 0 Å². The molecular weight excluding hydrogens is 260 g/mol. The van der Waals surface area contributed by atoms with Crippen molar-refractivity contribution >= 4 is 5.78 Å². The monoisotopic (exact) mass is 281 g/mol. The van der Waals surface area contributed by atoms with Gasteiger partial charge in [-0.05, 0) is 36.9 Å². The highest BCUT2D eigenvalue weighted by Gasteiger charge is 2.24. The van der Waals surface area contributed by atoms with Gasteiger partial charge in [-0.25, -0.2) is 8.78 Å². The SMILES string of the molecule is CC(C)C1CCN(CCC(=O)c2cc(F)cc(F)c2)C1. The average Bonchev–Trinajstić information content (AvgIpc) is 2.83. The highest BCUT2D eigenvalue weighted by atomic mass is 19.1. The Morgan fingerprint density at radius 1 is 1.30 bits per heavy atom. The molecule has 0 saturated carbocycles. The van der Waals surface area contributed by atoms with E-state index in [1.54, 1.807) is 0 Å². The first-order chi connectivity index (χ1) is 9.45. The highest BCUT2D eigenvalue weighted by molar-refractivity contribution is 5.96. The average molecular weight is 281 g/mol. The second-order valence-corrected chi connectivity index (χ2v) is 5.92. The molecule has 1 aromatic rings. The van der Waals surface area contributed by atoms with Gasteiger partial charge in [0.25, 0.3) is 0 Å². The molecule has 2 nitrogen and oxygen atoms in total. The zero-order chi connectivity index (χ0) is 14.7. The van der Waals surface area contributed by atoms with Crippen LogP contribution in [0.2, 0.25) is 0 Å². The molecular formula is C16H21F2NO. The predicted octanol–water partition coefficient (Wildman–Crippen LogP) is 3.52. The molecule has 0 aliphatic carbocycles. The molecule has 1 aliphatic rings. The Balaban J connectivity index is 1.87. The van der Waals surface area contributed by atoms with Crippen LogP contribution in [0, 0.1) is 23.5 Å². The van der Waals surface area contributed by atoms with Gasteiger partial charge in [-0.3, -0.25) is 4.79 Å². The summed E-state index contributed by atoms with van der Waals surface area (Å²) >= 11 is 0. The maximum atomic E-state index is 13.1. The van der Waals surface area contributed by atoms with Gasteiger partial charge in [-0.15, -0.1) is 0 Å². The zero-order valence-electron chi connectivity index (χ0n) is 12.0. The first kappa shape index (κ1) is 15.1. The van der Waals surface area contributed by atoms with Crippen LogP contribution in [0.25, 0.3) is 0 Å². The number of halogens is 2. The molecule has 0 radical (unpaired) electrons. The van der Waals surface area contributed by atoms with Crippen molar-refractivity contribution in [1.29, 1.82) is 0 Å². The first-order valence-electron chi connectivity index (χ1n) is 7.17. The van der Waals surface area contributed by atoms with E-state index in [2.05, 4.69) is 18.7 Å². The maximum Gasteiger partial charge on any atom is 0.164 e. The van der Waals surface area contributed by atoms with E-state index < -0.39 is 11.6 Å². The Morgan fingerprint density at radius 3 is 2.50 bits per heavy atom. The predicted molar refractivity (Wildman–Crippen MR) is 74.7 cm³/mol. The molecule has 1 atom stereocenters. The summed E-state index contributed by atoms with van der Waals surface area (Å²) in [6.07, 6.45) is 1.48. The Kier molecular flexibility index (Phi) is 4.86. The number of Topliss-reactive ketones (excluding diaryl/α,β-unsaturated/α-hetero) is 1. The lowest BCUT2D eigenvalue weighted by Crippen LogP contribution is -2.25. The lowest BCUT2D eigenvalue weighted by atomic mass is 9.95. The normalized spacial score (nSPS) is 19.8. The molecule has 0 spiro atoms. The molecule has 20 heavy (non-hydrogen) atoms. The van der Waals surface area contributed by atoms with Crippen LogP contribution < -0.4 is 0 Å². The maximum absolute atomic E-state index is 13.1. The number of rotatable bonds is 5. The third-order valence-corrected chi connectivity index (χ3v) is 4.09. The first-order valence-corrected chi connectivity index (χ1v) is 7.17. The third-order valence-electron chi connectivity index (χ3n) is 4.09. The quantitative estimate of drug-likeness (QED) is 0.770. The summed E-state index contributed by atoms with van der Waals surface area (Å²) in [6, 6.07) is 2.99. The van der Waals surface area contributed by atoms with Crippen molar-refractivity contribution in [3.63, 3.8) is 0 Å². The van der Waals surface area contributed by atoms with Gasteiger partial charge < -0.3 is 4.90 Å². The molecule has 0 bridgehead atoms. The summed E-state index contributed by atoms with van der Waals surface area (Å²) in [5.74, 6) is -0.245. The van der Waals surface area contributed by atoms with E-state index in [-0.39, 0.29) is 11.3 Å². The molecule has 1 saturated heterocycles. The highest BCUT2D eigenvalue weighted by Crippen LogP contribution is 2.23. The summed E-state index contributed by atoms with van der Waals surface area (Å²) < 4.78 is 26.1. The molecule has 1 aliphatic heterocycles. The number of benzene rings is 1. The summed E-state index contributed by atoms with van der Waals surface area (Å²) in [5.41, 5.74) is 0.127. The minimum absolute atomic E-state index is 0.127. The molecule has 0 amide bonds. The molecule has 0 aromatic heterocycles. The second kappa shape index (κ2) is 6.44. The minimum Gasteiger partial charge on any atom is -0.303 e. The van der Waals surface area contributed by atoms with Gasteiger partial charge in [0.15, 0.2) is 5.78 Å². The fraction of sp³-hybridized carbons (Fsp3) is 0.562. The standard InChI is InChI=1S/C16H21F2NO/c1-11(2)12-3-5-19(10-12)6-4-16(20)13-7-14(17)9-15(18)8-13/h7-9,11-12H,3-6,10H2,1-2H3. The van der Waals surface area contributed by atoms with Crippen molar-refractivity contribution in [3.8, 4) is 0 Å². The van der Waals surface area contributed by atoms with Crippen molar-refractivity contribution in [3.05, 3.63) is 35.4 Å². The van der Waals surface area contributed by atoms with E-state index in [0.717, 1.165) is 31.3 Å². The van der Waals surface area contributed by atoms with Crippen LogP contribution in [0.5, 0.6) is 0 Å². The van der Waals surface area contributed by atoms with Crippen LogP contribution in [-0.4, -0.2) is 30.3 Å². The molecule has 110 valence electrons. The summed E-state index contributed by atoms with van der Waals surface area (Å²) in [5, 5.41) is 0. The van der Waals surface area contributed by atoms with Crippen LogP contribution in [0.4, 0.5) is 8.78 Å². The molecule has 1 unspecified atom stereocenters. The van der Waals surface area contributed by atoms with Gasteiger partial charge in [0, 0.05) is 31.1 Å². The zero-order valence-corrected chi connectivity index (χ0v) is 12.0. The largest absolute Gasteiger partial charge is 0.303 e. The number of hydrogen-bond donors (Lipinski definition) is 0. The van der Waals surface area contributed by atoms with E-state index in [4.69, 9.17) is 0 Å². The lowest BCUT2D eigenvalue weighted by molar-refractivity contribution is 0.0967. The van der Waals surface area contributed by atoms with E-state index in [1.165, 1.54) is 6.42 Å². The van der Waals surface area contributed by atoms with E-state index in [0.29, 0.717) is 24.8 Å². The van der Waals surface area contributed by atoms with Gasteiger partial charge in [-0.2, -0.15) is 0 Å². The molecule has 1 aromatic carbocycles. The molecule has 0 N–H and O–H groups in total. The Bertz CT molecular complexity index is 467. The Labute approximate surface area is 118 Å². The van der Waals surface area contributed by atoms with Crippen LogP contribution in [0.1, 0.15) is 37.0 Å². The second-order valence-electron chi connectivity index (χ2n) is 5.92. The molecule has 4 heteroatoms. The van der Waals surface area contributed by atoms with E-state index in [1.807, 2.05) is 0 Å². The van der Waals surface area contributed by atoms with E-state index >= 15 is 0 Å². The molecule has 2 rings (SSSR count). The molecule has 1 fully saturated rings. The van der Waals surface area contributed by atoms with Crippen molar-refractivity contribution < 1.29 is 13.6 Å². The summed E-state index contributed by atoms with van der Waals surface area (Å²) in [6.45, 7) is 7.12. The van der Waals surface area contributed by atoms with Crippen molar-refractivity contribution in [2.45, 2.75) is 26.7 Å². The number of nitrogens with zero attached hydrogens (tertiary/aromatic N) is 1. The Morgan fingerprint density at radius 2 is 1.95 bits per heavy atom. The fourth-order valence-electron chi connectivity index (χ4n) is 2.73. The van der Waals surface area contributed by atoms with Crippen LogP contribution in [-0.2, 0) is 0 Å². The number of carbonyl (C=O) groups excluding carboxylic acids is 1. The van der Waals surface area contributed by atoms with Gasteiger partial charge in [0.1, 0.15) is 11.6 Å². The smallest absolute Gasteiger partial charge is 0.164 e. The summed E-state index contributed by atoms with van der Waals surface area (Å²) in [4.78, 5) is 14.2. The van der Waals surface area contributed by atoms with Crippen LogP contribution in [0.15, 0.2) is 18.2 Å². The van der Waals surface area contributed by atoms with E-state index in [9.17, 15) is 13.6 Å². The van der Waals surface area contributed by atoms with Gasteiger partial charge >= 0.3 is 0 Å². The van der Waals surface area contributed by atoms with Crippen molar-refractivity contribution in [2.75, 3.05) is 19.6 Å².